The molecule has 0 radical (unpaired) electrons. The van der Waals surface area contributed by atoms with Crippen molar-refractivity contribution in [3.05, 3.63) is 24.3 Å². The van der Waals surface area contributed by atoms with Crippen molar-refractivity contribution in [3.8, 4) is 5.75 Å². The van der Waals surface area contributed by atoms with Gasteiger partial charge in [-0.1, -0.05) is 46.0 Å². The molecule has 1 N–H and O–H groups in total. The van der Waals surface area contributed by atoms with E-state index >= 15 is 0 Å². The van der Waals surface area contributed by atoms with Crippen LogP contribution in [0.4, 0.5) is 5.69 Å². The number of rotatable bonds is 14. The lowest BCUT2D eigenvalue weighted by atomic mass is 9.96. The maximum atomic E-state index is 12.9. The molecule has 1 aromatic carbocycles. The first-order valence-electron chi connectivity index (χ1n) is 12.5. The molecule has 1 aliphatic heterocycles. The number of hydrogen-bond donors (Lipinski definition) is 1. The zero-order valence-corrected chi connectivity index (χ0v) is 20.1. The van der Waals surface area contributed by atoms with Gasteiger partial charge in [-0.25, -0.2) is 0 Å². The van der Waals surface area contributed by atoms with Crippen molar-refractivity contribution < 1.29 is 14.3 Å². The first-order valence-corrected chi connectivity index (χ1v) is 12.5. The Hall–Kier alpha value is -1.59. The van der Waals surface area contributed by atoms with E-state index in [1.54, 1.807) is 0 Å². The minimum absolute atomic E-state index is 0.0665. The number of unbranched alkanes of at least 4 members (excludes halogenated alkanes) is 2. The van der Waals surface area contributed by atoms with Crippen molar-refractivity contribution >= 4 is 11.6 Å². The van der Waals surface area contributed by atoms with Crippen LogP contribution >= 0.6 is 0 Å². The van der Waals surface area contributed by atoms with Gasteiger partial charge in [-0.2, -0.15) is 0 Å². The molecule has 1 fully saturated rings. The van der Waals surface area contributed by atoms with Crippen molar-refractivity contribution in [2.45, 2.75) is 90.6 Å². The number of ether oxygens (including phenoxy) is 2. The molecular formula is C26H44N2O3. The fourth-order valence-corrected chi connectivity index (χ4v) is 4.03. The molecule has 1 heterocycles. The number of hydrogen-bond acceptors (Lipinski definition) is 4. The summed E-state index contributed by atoms with van der Waals surface area (Å²) in [6.07, 6.45) is 11.3. The van der Waals surface area contributed by atoms with Crippen molar-refractivity contribution in [3.63, 3.8) is 0 Å². The summed E-state index contributed by atoms with van der Waals surface area (Å²) in [4.78, 5) is 15.5. The molecule has 5 heteroatoms. The number of amides is 1. The Morgan fingerprint density at radius 1 is 0.968 bits per heavy atom. The van der Waals surface area contributed by atoms with Crippen LogP contribution < -0.4 is 10.1 Å². The number of benzene rings is 1. The molecule has 1 amide bonds. The molecule has 1 aliphatic rings. The minimum Gasteiger partial charge on any atom is -0.494 e. The van der Waals surface area contributed by atoms with Gasteiger partial charge >= 0.3 is 0 Å². The molecule has 0 bridgehead atoms. The van der Waals surface area contributed by atoms with Gasteiger partial charge in [-0.05, 0) is 76.4 Å². The van der Waals surface area contributed by atoms with E-state index in [0.29, 0.717) is 6.61 Å². The van der Waals surface area contributed by atoms with Crippen LogP contribution in [-0.2, 0) is 9.53 Å². The molecule has 0 aliphatic carbocycles. The maximum absolute atomic E-state index is 12.9. The lowest BCUT2D eigenvalue weighted by molar-refractivity contribution is -0.140. The van der Waals surface area contributed by atoms with Gasteiger partial charge in [-0.15, -0.1) is 0 Å². The first kappa shape index (κ1) is 25.7. The largest absolute Gasteiger partial charge is 0.494 e. The summed E-state index contributed by atoms with van der Waals surface area (Å²) in [6.45, 7) is 11.0. The Morgan fingerprint density at radius 3 is 2.32 bits per heavy atom. The maximum Gasteiger partial charge on any atom is 0.256 e. The Kier molecular flexibility index (Phi) is 12.0. The van der Waals surface area contributed by atoms with E-state index in [0.717, 1.165) is 63.1 Å². The highest BCUT2D eigenvalue weighted by atomic mass is 16.5. The van der Waals surface area contributed by atoms with Gasteiger partial charge in [0, 0.05) is 18.8 Å². The third-order valence-electron chi connectivity index (χ3n) is 6.06. The van der Waals surface area contributed by atoms with Crippen LogP contribution in [0.3, 0.4) is 0 Å². The van der Waals surface area contributed by atoms with E-state index in [-0.39, 0.29) is 5.91 Å². The summed E-state index contributed by atoms with van der Waals surface area (Å²) >= 11 is 0. The van der Waals surface area contributed by atoms with Crippen molar-refractivity contribution in [1.82, 2.24) is 4.90 Å². The predicted molar refractivity (Wildman–Crippen MR) is 129 cm³/mol. The molecule has 0 spiro atoms. The summed E-state index contributed by atoms with van der Waals surface area (Å²) in [7, 11) is 0. The highest BCUT2D eigenvalue weighted by Gasteiger charge is 2.33. The SMILES string of the molecule is CCCCCC(C)(OCCC)C(=O)Nc1ccc(OCCCN2CCCCCC2)cc1. The van der Waals surface area contributed by atoms with Crippen molar-refractivity contribution in [2.24, 2.45) is 0 Å². The Bertz CT molecular complexity index is 612. The number of nitrogens with one attached hydrogen (secondary N) is 1. The molecule has 0 aromatic heterocycles. The molecule has 176 valence electrons. The summed E-state index contributed by atoms with van der Waals surface area (Å²) in [5, 5.41) is 3.04. The topological polar surface area (TPSA) is 50.8 Å². The van der Waals surface area contributed by atoms with Gasteiger partial charge in [0.2, 0.25) is 0 Å². The molecule has 2 rings (SSSR count). The molecule has 5 nitrogen and oxygen atoms in total. The van der Waals surface area contributed by atoms with Crippen LogP contribution in [0.1, 0.15) is 85.0 Å². The number of nitrogens with zero attached hydrogens (tertiary/aromatic N) is 1. The van der Waals surface area contributed by atoms with E-state index in [4.69, 9.17) is 9.47 Å². The lowest BCUT2D eigenvalue weighted by Gasteiger charge is -2.28. The van der Waals surface area contributed by atoms with E-state index in [1.807, 2.05) is 31.2 Å². The molecule has 1 atom stereocenters. The Labute approximate surface area is 189 Å². The van der Waals surface area contributed by atoms with E-state index in [1.165, 1.54) is 38.8 Å². The van der Waals surface area contributed by atoms with Crippen LogP contribution in [0.5, 0.6) is 5.75 Å². The predicted octanol–water partition coefficient (Wildman–Crippen LogP) is 6.04. The molecule has 31 heavy (non-hydrogen) atoms. The molecule has 1 saturated heterocycles. The van der Waals surface area contributed by atoms with E-state index in [9.17, 15) is 4.79 Å². The number of likely N-dealkylation sites (tertiary alicyclic amines) is 1. The van der Waals surface area contributed by atoms with Crippen LogP contribution in [0.15, 0.2) is 24.3 Å². The van der Waals surface area contributed by atoms with Crippen molar-refractivity contribution in [2.75, 3.05) is 38.2 Å². The minimum atomic E-state index is -0.784. The van der Waals surface area contributed by atoms with Crippen LogP contribution in [0.2, 0.25) is 0 Å². The highest BCUT2D eigenvalue weighted by molar-refractivity contribution is 5.97. The van der Waals surface area contributed by atoms with Crippen LogP contribution in [0, 0.1) is 0 Å². The molecule has 1 aromatic rings. The average Bonchev–Trinajstić information content (AvgIpc) is 3.05. The number of carbonyl (C=O) groups excluding carboxylic acids is 1. The normalized spacial score (nSPS) is 17.0. The smallest absolute Gasteiger partial charge is 0.256 e. The van der Waals surface area contributed by atoms with Gasteiger partial charge in [0.25, 0.3) is 5.91 Å². The van der Waals surface area contributed by atoms with E-state index in [2.05, 4.69) is 24.1 Å². The fraction of sp³-hybridized carbons (Fsp3) is 0.731. The van der Waals surface area contributed by atoms with E-state index < -0.39 is 5.60 Å². The Morgan fingerprint density at radius 2 is 1.68 bits per heavy atom. The third kappa shape index (κ3) is 9.61. The van der Waals surface area contributed by atoms with Gasteiger partial charge in [0.15, 0.2) is 0 Å². The summed E-state index contributed by atoms with van der Waals surface area (Å²) in [5.41, 5.74) is -0.00281. The molecule has 0 saturated carbocycles. The Balaban J connectivity index is 1.77. The number of carbonyl (C=O) groups is 1. The average molecular weight is 433 g/mol. The zero-order valence-electron chi connectivity index (χ0n) is 20.1. The standard InChI is InChI=1S/C26H44N2O3/c1-4-6-9-17-26(3,31-21-5-2)25(29)27-23-13-15-24(16-14-23)30-22-12-20-28-18-10-7-8-11-19-28/h13-16H,4-12,17-22H2,1-3H3,(H,27,29). The summed E-state index contributed by atoms with van der Waals surface area (Å²) in [5.74, 6) is 0.782. The van der Waals surface area contributed by atoms with Crippen LogP contribution in [0.25, 0.3) is 0 Å². The summed E-state index contributed by atoms with van der Waals surface area (Å²) < 4.78 is 11.9. The summed E-state index contributed by atoms with van der Waals surface area (Å²) in [6, 6.07) is 7.69. The van der Waals surface area contributed by atoms with Crippen molar-refractivity contribution in [1.29, 1.82) is 0 Å². The second-order valence-electron chi connectivity index (χ2n) is 8.97. The third-order valence-corrected chi connectivity index (χ3v) is 6.06. The monoisotopic (exact) mass is 432 g/mol. The quantitative estimate of drug-likeness (QED) is 0.364. The number of anilines is 1. The van der Waals surface area contributed by atoms with Gasteiger partial charge in [0.05, 0.1) is 6.61 Å². The van der Waals surface area contributed by atoms with Gasteiger partial charge in [-0.3, -0.25) is 4.79 Å². The second kappa shape index (κ2) is 14.5. The van der Waals surface area contributed by atoms with Gasteiger partial charge < -0.3 is 19.7 Å². The fourth-order valence-electron chi connectivity index (χ4n) is 4.03. The highest BCUT2D eigenvalue weighted by Crippen LogP contribution is 2.24. The lowest BCUT2D eigenvalue weighted by Crippen LogP contribution is -2.43. The second-order valence-corrected chi connectivity index (χ2v) is 8.97. The molecule has 1 unspecified atom stereocenters. The molecular weight excluding hydrogens is 388 g/mol. The van der Waals surface area contributed by atoms with Gasteiger partial charge in [0.1, 0.15) is 11.4 Å². The zero-order chi connectivity index (χ0) is 22.4. The first-order chi connectivity index (χ1) is 15.1. The van der Waals surface area contributed by atoms with Crippen LogP contribution in [-0.4, -0.2) is 49.3 Å².